The van der Waals surface area contributed by atoms with Gasteiger partial charge in [-0.1, -0.05) is 48.5 Å². The van der Waals surface area contributed by atoms with Crippen LogP contribution in [-0.4, -0.2) is 39.1 Å². The molecule has 0 amide bonds. The van der Waals surface area contributed by atoms with Crippen LogP contribution in [0.2, 0.25) is 0 Å². The molecule has 2 aromatic carbocycles. The van der Waals surface area contributed by atoms with E-state index in [9.17, 15) is 15.3 Å². The average molecular weight is 352 g/mol. The van der Waals surface area contributed by atoms with Crippen molar-refractivity contribution in [2.45, 2.75) is 18.1 Å². The van der Waals surface area contributed by atoms with Crippen molar-refractivity contribution >= 4 is 0 Å². The SMILES string of the molecule is NC(CO)(CO)CC(O)c1ccc(-c2ccc(-c3ccc[nH]3)cc2)cc1. The fourth-order valence-electron chi connectivity index (χ4n) is 2.93. The summed E-state index contributed by atoms with van der Waals surface area (Å²) in [6.07, 6.45) is 1.14. The van der Waals surface area contributed by atoms with Crippen LogP contribution in [0, 0.1) is 0 Å². The van der Waals surface area contributed by atoms with Gasteiger partial charge in [0.2, 0.25) is 0 Å². The molecule has 136 valence electrons. The molecular formula is C21H24N2O3. The Hall–Kier alpha value is -2.44. The monoisotopic (exact) mass is 352 g/mol. The van der Waals surface area contributed by atoms with Gasteiger partial charge in [0, 0.05) is 11.9 Å². The molecule has 1 atom stereocenters. The first-order chi connectivity index (χ1) is 12.5. The minimum absolute atomic E-state index is 0.0875. The number of aromatic amines is 1. The molecule has 1 aromatic heterocycles. The number of benzene rings is 2. The number of hydrogen-bond donors (Lipinski definition) is 5. The summed E-state index contributed by atoms with van der Waals surface area (Å²) in [6.45, 7) is -0.766. The quantitative estimate of drug-likeness (QED) is 0.451. The van der Waals surface area contributed by atoms with Gasteiger partial charge in [0.25, 0.3) is 0 Å². The zero-order valence-electron chi connectivity index (χ0n) is 14.5. The van der Waals surface area contributed by atoms with Crippen molar-refractivity contribution in [2.24, 2.45) is 5.73 Å². The molecule has 0 saturated carbocycles. The highest BCUT2D eigenvalue weighted by Crippen LogP contribution is 2.27. The Labute approximate surface area is 152 Å². The highest BCUT2D eigenvalue weighted by molar-refractivity contribution is 5.69. The van der Waals surface area contributed by atoms with Crippen LogP contribution < -0.4 is 5.73 Å². The van der Waals surface area contributed by atoms with E-state index in [0.717, 1.165) is 22.4 Å². The number of nitrogens with one attached hydrogen (secondary N) is 1. The van der Waals surface area contributed by atoms with Gasteiger partial charge in [-0.3, -0.25) is 0 Å². The summed E-state index contributed by atoms with van der Waals surface area (Å²) in [5.74, 6) is 0. The highest BCUT2D eigenvalue weighted by atomic mass is 16.3. The van der Waals surface area contributed by atoms with Crippen LogP contribution in [0.25, 0.3) is 22.4 Å². The second-order valence-electron chi connectivity index (χ2n) is 6.68. The van der Waals surface area contributed by atoms with E-state index in [-0.39, 0.29) is 19.6 Å². The summed E-state index contributed by atoms with van der Waals surface area (Å²) in [4.78, 5) is 3.19. The lowest BCUT2D eigenvalue weighted by Gasteiger charge is -2.27. The number of hydrogen-bond acceptors (Lipinski definition) is 4. The van der Waals surface area contributed by atoms with Crippen molar-refractivity contribution < 1.29 is 15.3 Å². The minimum Gasteiger partial charge on any atom is -0.394 e. The van der Waals surface area contributed by atoms with Crippen LogP contribution in [-0.2, 0) is 0 Å². The Balaban J connectivity index is 1.73. The van der Waals surface area contributed by atoms with E-state index in [0.29, 0.717) is 5.56 Å². The van der Waals surface area contributed by atoms with Crippen molar-refractivity contribution in [3.8, 4) is 22.4 Å². The van der Waals surface area contributed by atoms with E-state index in [1.807, 2.05) is 42.6 Å². The van der Waals surface area contributed by atoms with Gasteiger partial charge in [-0.05, 0) is 40.8 Å². The maximum atomic E-state index is 10.3. The first kappa shape index (κ1) is 18.4. The second-order valence-corrected chi connectivity index (χ2v) is 6.68. The smallest absolute Gasteiger partial charge is 0.0809 e. The van der Waals surface area contributed by atoms with Crippen molar-refractivity contribution in [1.82, 2.24) is 4.98 Å². The third-order valence-electron chi connectivity index (χ3n) is 4.65. The molecule has 5 heteroatoms. The molecule has 1 heterocycles. The highest BCUT2D eigenvalue weighted by Gasteiger charge is 2.27. The summed E-state index contributed by atoms with van der Waals surface area (Å²) >= 11 is 0. The predicted molar refractivity (Wildman–Crippen MR) is 102 cm³/mol. The van der Waals surface area contributed by atoms with Gasteiger partial charge < -0.3 is 26.0 Å². The molecule has 0 aliphatic rings. The fourth-order valence-corrected chi connectivity index (χ4v) is 2.93. The molecule has 0 fully saturated rings. The molecule has 26 heavy (non-hydrogen) atoms. The summed E-state index contributed by atoms with van der Waals surface area (Å²) in [5.41, 5.74) is 9.69. The van der Waals surface area contributed by atoms with Crippen molar-refractivity contribution in [3.63, 3.8) is 0 Å². The topological polar surface area (TPSA) is 102 Å². The van der Waals surface area contributed by atoms with Crippen molar-refractivity contribution in [2.75, 3.05) is 13.2 Å². The molecule has 0 spiro atoms. The lowest BCUT2D eigenvalue weighted by Crippen LogP contribution is -2.48. The first-order valence-corrected chi connectivity index (χ1v) is 8.57. The number of H-pyrrole nitrogens is 1. The Morgan fingerprint density at radius 1 is 0.846 bits per heavy atom. The van der Waals surface area contributed by atoms with E-state index >= 15 is 0 Å². The Morgan fingerprint density at radius 2 is 1.38 bits per heavy atom. The molecule has 1 unspecified atom stereocenters. The summed E-state index contributed by atoms with van der Waals surface area (Å²) in [5, 5.41) is 28.8. The Morgan fingerprint density at radius 3 is 1.88 bits per heavy atom. The third-order valence-corrected chi connectivity index (χ3v) is 4.65. The molecule has 6 N–H and O–H groups in total. The summed E-state index contributed by atoms with van der Waals surface area (Å²) in [7, 11) is 0. The fraction of sp³-hybridized carbons (Fsp3) is 0.238. The number of rotatable bonds is 7. The zero-order valence-corrected chi connectivity index (χ0v) is 14.5. The average Bonchev–Trinajstić information content (AvgIpc) is 3.23. The van der Waals surface area contributed by atoms with Gasteiger partial charge in [-0.2, -0.15) is 0 Å². The van der Waals surface area contributed by atoms with Crippen LogP contribution in [0.15, 0.2) is 66.9 Å². The Bertz CT molecular complexity index is 807. The molecule has 0 aliphatic carbocycles. The van der Waals surface area contributed by atoms with Crippen LogP contribution in [0.5, 0.6) is 0 Å². The van der Waals surface area contributed by atoms with E-state index < -0.39 is 11.6 Å². The standard InChI is InChI=1S/C21H24N2O3/c22-21(13-24,14-25)12-20(26)18-9-5-16(6-10-18)15-3-7-17(8-4-15)19-2-1-11-23-19/h1-11,20,23-26H,12-14,22H2. The largest absolute Gasteiger partial charge is 0.394 e. The number of nitrogens with two attached hydrogens (primary N) is 1. The summed E-state index contributed by atoms with van der Waals surface area (Å²) < 4.78 is 0. The van der Waals surface area contributed by atoms with Crippen LogP contribution in [0.4, 0.5) is 0 Å². The van der Waals surface area contributed by atoms with Gasteiger partial charge >= 0.3 is 0 Å². The van der Waals surface area contributed by atoms with Gasteiger partial charge in [0.15, 0.2) is 0 Å². The molecule has 3 rings (SSSR count). The van der Waals surface area contributed by atoms with E-state index in [1.165, 1.54) is 0 Å². The van der Waals surface area contributed by atoms with Crippen molar-refractivity contribution in [3.05, 3.63) is 72.4 Å². The van der Waals surface area contributed by atoms with Gasteiger partial charge in [0.1, 0.15) is 0 Å². The molecule has 3 aromatic rings. The maximum absolute atomic E-state index is 10.3. The summed E-state index contributed by atoms with van der Waals surface area (Å²) in [6, 6.07) is 19.8. The predicted octanol–water partition coefficient (Wildman–Crippen LogP) is 2.45. The van der Waals surface area contributed by atoms with Crippen LogP contribution in [0.1, 0.15) is 18.1 Å². The number of aliphatic hydroxyl groups is 3. The Kier molecular flexibility index (Phi) is 5.54. The number of aromatic nitrogens is 1. The number of aliphatic hydroxyl groups excluding tert-OH is 3. The molecule has 0 aliphatic heterocycles. The van der Waals surface area contributed by atoms with Crippen LogP contribution >= 0.6 is 0 Å². The molecule has 0 bridgehead atoms. The van der Waals surface area contributed by atoms with Gasteiger partial charge in [0.05, 0.1) is 24.9 Å². The third kappa shape index (κ3) is 4.03. The van der Waals surface area contributed by atoms with E-state index in [2.05, 4.69) is 29.2 Å². The molecular weight excluding hydrogens is 328 g/mol. The zero-order chi connectivity index (χ0) is 18.6. The molecule has 5 nitrogen and oxygen atoms in total. The maximum Gasteiger partial charge on any atom is 0.0809 e. The lowest BCUT2D eigenvalue weighted by atomic mass is 9.91. The van der Waals surface area contributed by atoms with Crippen molar-refractivity contribution in [1.29, 1.82) is 0 Å². The van der Waals surface area contributed by atoms with E-state index in [1.54, 1.807) is 0 Å². The normalized spacial score (nSPS) is 12.9. The van der Waals surface area contributed by atoms with E-state index in [4.69, 9.17) is 5.73 Å². The second kappa shape index (κ2) is 7.85. The van der Waals surface area contributed by atoms with Gasteiger partial charge in [-0.25, -0.2) is 0 Å². The first-order valence-electron chi connectivity index (χ1n) is 8.57. The molecule has 0 radical (unpaired) electrons. The lowest BCUT2D eigenvalue weighted by molar-refractivity contribution is 0.0618. The van der Waals surface area contributed by atoms with Gasteiger partial charge in [-0.15, -0.1) is 0 Å². The molecule has 0 saturated heterocycles. The minimum atomic E-state index is -1.19. The van der Waals surface area contributed by atoms with Crippen LogP contribution in [0.3, 0.4) is 0 Å².